The molecule has 0 heterocycles. The lowest BCUT2D eigenvalue weighted by Crippen LogP contribution is -2.16. The van der Waals surface area contributed by atoms with Crippen LogP contribution in [-0.4, -0.2) is 0 Å². The van der Waals surface area contributed by atoms with Gasteiger partial charge in [0.2, 0.25) is 0 Å². The van der Waals surface area contributed by atoms with E-state index in [9.17, 15) is 0 Å². The van der Waals surface area contributed by atoms with Crippen molar-refractivity contribution < 1.29 is 0 Å². The van der Waals surface area contributed by atoms with E-state index in [0.717, 1.165) is 16.9 Å². The number of benzene rings is 10. The summed E-state index contributed by atoms with van der Waals surface area (Å²) in [5.41, 5.74) is 20.5. The van der Waals surface area contributed by atoms with Gasteiger partial charge in [0.05, 0.1) is 11.4 Å². The second-order valence-electron chi connectivity index (χ2n) is 16.8. The average Bonchev–Trinajstić information content (AvgIpc) is 3.58. The van der Waals surface area contributed by atoms with E-state index < -0.39 is 0 Å². The van der Waals surface area contributed by atoms with Crippen LogP contribution in [0.15, 0.2) is 237 Å². The first kappa shape index (κ1) is 37.3. The van der Waals surface area contributed by atoms with Crippen LogP contribution in [0.4, 0.5) is 17.1 Å². The fourth-order valence-corrected chi connectivity index (χ4v) is 9.93. The van der Waals surface area contributed by atoms with Gasteiger partial charge >= 0.3 is 0 Å². The lowest BCUT2D eigenvalue weighted by Gasteiger charge is -2.31. The molecule has 0 aromatic heterocycles. The van der Waals surface area contributed by atoms with Gasteiger partial charge in [0.1, 0.15) is 0 Å². The Balaban J connectivity index is 1.12. The lowest BCUT2D eigenvalue weighted by atomic mass is 9.82. The van der Waals surface area contributed by atoms with E-state index in [4.69, 9.17) is 0 Å². The Morgan fingerprint density at radius 3 is 1.50 bits per heavy atom. The molecule has 294 valence electrons. The number of nitrogens with zero attached hydrogens (tertiary/aromatic N) is 1. The second-order valence-corrected chi connectivity index (χ2v) is 16.8. The molecule has 1 nitrogen and oxygen atoms in total. The molecule has 0 radical (unpaired) electrons. The van der Waals surface area contributed by atoms with Crippen LogP contribution in [0.3, 0.4) is 0 Å². The first-order chi connectivity index (χ1) is 30.5. The van der Waals surface area contributed by atoms with E-state index in [1.165, 1.54) is 88.8 Å². The summed E-state index contributed by atoms with van der Waals surface area (Å²) < 4.78 is 0. The molecule has 0 spiro atoms. The molecular weight excluding hydrogens is 747 g/mol. The van der Waals surface area contributed by atoms with E-state index >= 15 is 0 Å². The van der Waals surface area contributed by atoms with Gasteiger partial charge in [0.25, 0.3) is 0 Å². The minimum Gasteiger partial charge on any atom is -0.309 e. The summed E-state index contributed by atoms with van der Waals surface area (Å²) in [6.07, 6.45) is 0. The fourth-order valence-electron chi connectivity index (χ4n) is 9.93. The predicted octanol–water partition coefficient (Wildman–Crippen LogP) is 17.0. The Morgan fingerprint density at radius 1 is 0.306 bits per heavy atom. The van der Waals surface area contributed by atoms with Crippen molar-refractivity contribution >= 4 is 27.8 Å². The Kier molecular flexibility index (Phi) is 9.24. The van der Waals surface area contributed by atoms with E-state index in [1.54, 1.807) is 0 Å². The van der Waals surface area contributed by atoms with Gasteiger partial charge in [-0.05, 0) is 108 Å². The summed E-state index contributed by atoms with van der Waals surface area (Å²) in [5, 5.41) is 2.50. The van der Waals surface area contributed by atoms with Crippen LogP contribution in [0.5, 0.6) is 0 Å². The van der Waals surface area contributed by atoms with E-state index in [-0.39, 0.29) is 5.41 Å². The normalized spacial score (nSPS) is 12.5. The zero-order valence-corrected chi connectivity index (χ0v) is 35.0. The maximum atomic E-state index is 2.50. The van der Waals surface area contributed by atoms with Crippen LogP contribution in [0.25, 0.3) is 77.5 Å². The van der Waals surface area contributed by atoms with Gasteiger partial charge < -0.3 is 4.90 Å². The van der Waals surface area contributed by atoms with Crippen LogP contribution < -0.4 is 4.90 Å². The first-order valence-electron chi connectivity index (χ1n) is 21.6. The highest BCUT2D eigenvalue weighted by atomic mass is 15.1. The zero-order valence-electron chi connectivity index (χ0n) is 35.0. The third-order valence-electron chi connectivity index (χ3n) is 12.9. The van der Waals surface area contributed by atoms with Gasteiger partial charge in [-0.2, -0.15) is 0 Å². The quantitative estimate of drug-likeness (QED) is 0.148. The van der Waals surface area contributed by atoms with E-state index in [2.05, 4.69) is 255 Å². The SMILES string of the molecule is CC1(C)c2ccccc2-c2c(N(c3cccc(-c4ccc(-c5cccc6cccc(-c7ccccc7)c56)cc4-c4ccccc4)c3)c3ccccc3-c3ccccc3)cccc21. The number of fused-ring (bicyclic) bond motifs is 4. The molecule has 0 unspecified atom stereocenters. The Bertz CT molecular complexity index is 3250. The average molecular weight is 792 g/mol. The van der Waals surface area contributed by atoms with Crippen molar-refractivity contribution in [3.63, 3.8) is 0 Å². The highest BCUT2D eigenvalue weighted by Crippen LogP contribution is 2.55. The van der Waals surface area contributed by atoms with Crippen LogP contribution in [-0.2, 0) is 5.41 Å². The minimum absolute atomic E-state index is 0.132. The Morgan fingerprint density at radius 2 is 0.790 bits per heavy atom. The van der Waals surface area contributed by atoms with Crippen molar-refractivity contribution in [2.75, 3.05) is 4.90 Å². The van der Waals surface area contributed by atoms with Crippen LogP contribution >= 0.6 is 0 Å². The van der Waals surface area contributed by atoms with Gasteiger partial charge in [0, 0.05) is 22.2 Å². The molecule has 0 aliphatic heterocycles. The first-order valence-corrected chi connectivity index (χ1v) is 21.6. The lowest BCUT2D eigenvalue weighted by molar-refractivity contribution is 0.660. The predicted molar refractivity (Wildman–Crippen MR) is 263 cm³/mol. The highest BCUT2D eigenvalue weighted by molar-refractivity contribution is 6.07. The maximum Gasteiger partial charge on any atom is 0.0543 e. The Labute approximate surface area is 364 Å². The zero-order chi connectivity index (χ0) is 41.6. The van der Waals surface area contributed by atoms with Gasteiger partial charge in [-0.15, -0.1) is 0 Å². The van der Waals surface area contributed by atoms with Crippen molar-refractivity contribution in [2.24, 2.45) is 0 Å². The number of para-hydroxylation sites is 1. The van der Waals surface area contributed by atoms with E-state index in [1.807, 2.05) is 0 Å². The minimum atomic E-state index is -0.132. The molecule has 0 atom stereocenters. The van der Waals surface area contributed by atoms with E-state index in [0.29, 0.717) is 0 Å². The smallest absolute Gasteiger partial charge is 0.0543 e. The van der Waals surface area contributed by atoms with Crippen LogP contribution in [0.1, 0.15) is 25.0 Å². The molecule has 1 aliphatic carbocycles. The molecule has 1 heteroatoms. The molecule has 62 heavy (non-hydrogen) atoms. The van der Waals surface area contributed by atoms with Gasteiger partial charge in [-0.1, -0.05) is 220 Å². The molecule has 0 bridgehead atoms. The third kappa shape index (κ3) is 6.33. The Hall–Kier alpha value is -7.74. The summed E-state index contributed by atoms with van der Waals surface area (Å²) in [7, 11) is 0. The van der Waals surface area contributed by atoms with Gasteiger partial charge in [-0.3, -0.25) is 0 Å². The molecule has 0 saturated heterocycles. The maximum absolute atomic E-state index is 2.50. The largest absolute Gasteiger partial charge is 0.309 e. The van der Waals surface area contributed by atoms with Crippen molar-refractivity contribution in [3.05, 3.63) is 248 Å². The summed E-state index contributed by atoms with van der Waals surface area (Å²) in [5.74, 6) is 0. The van der Waals surface area contributed by atoms with Crippen molar-refractivity contribution in [3.8, 4) is 66.8 Å². The van der Waals surface area contributed by atoms with Crippen LogP contribution in [0.2, 0.25) is 0 Å². The molecule has 1 aliphatic rings. The topological polar surface area (TPSA) is 3.24 Å². The van der Waals surface area contributed by atoms with Crippen molar-refractivity contribution in [1.29, 1.82) is 0 Å². The summed E-state index contributed by atoms with van der Waals surface area (Å²) in [6, 6.07) is 86.6. The molecular formula is C61H45N. The molecule has 0 amide bonds. The standard InChI is InChI=1S/C61H45N/c1-61(2)55-34-14-12-31-53(55)60-56(61)35-19-37-58(60)62(57-36-15-13-30-50(57)42-20-6-3-7-21-42)48-29-16-28-46(40-48)49-39-38-47(41-54(49)44-24-10-5-11-25-44)52-33-18-27-45-26-17-32-51(59(45)52)43-22-8-4-9-23-43/h3-41H,1-2H3. The summed E-state index contributed by atoms with van der Waals surface area (Å²) in [4.78, 5) is 2.50. The molecule has 11 rings (SSSR count). The number of hydrogen-bond donors (Lipinski definition) is 0. The number of anilines is 3. The van der Waals surface area contributed by atoms with Gasteiger partial charge in [0.15, 0.2) is 0 Å². The second kappa shape index (κ2) is 15.4. The fraction of sp³-hybridized carbons (Fsp3) is 0.0492. The molecule has 0 saturated carbocycles. The van der Waals surface area contributed by atoms with Crippen molar-refractivity contribution in [1.82, 2.24) is 0 Å². The number of hydrogen-bond acceptors (Lipinski definition) is 1. The molecule has 10 aromatic carbocycles. The number of rotatable bonds is 8. The third-order valence-corrected chi connectivity index (χ3v) is 12.9. The molecule has 0 N–H and O–H groups in total. The summed E-state index contributed by atoms with van der Waals surface area (Å²) in [6.45, 7) is 4.72. The highest BCUT2D eigenvalue weighted by Gasteiger charge is 2.38. The van der Waals surface area contributed by atoms with Crippen LogP contribution in [0, 0.1) is 0 Å². The molecule has 10 aromatic rings. The van der Waals surface area contributed by atoms with Gasteiger partial charge in [-0.25, -0.2) is 0 Å². The molecule has 0 fully saturated rings. The van der Waals surface area contributed by atoms with Crippen molar-refractivity contribution in [2.45, 2.75) is 19.3 Å². The summed E-state index contributed by atoms with van der Waals surface area (Å²) >= 11 is 0. The monoisotopic (exact) mass is 791 g/mol.